The van der Waals surface area contributed by atoms with Gasteiger partial charge in [-0.2, -0.15) is 31.4 Å². The maximum atomic E-state index is 10.6. The summed E-state index contributed by atoms with van der Waals surface area (Å²) in [6, 6.07) is 4.02. The number of rotatable bonds is 7. The summed E-state index contributed by atoms with van der Waals surface area (Å²) in [5, 5.41) is 18.5. The van der Waals surface area contributed by atoms with Gasteiger partial charge in [0, 0.05) is 64.0 Å². The number of hydrogen-bond donors (Lipinski definition) is 2. The Morgan fingerprint density at radius 1 is 1.05 bits per heavy atom. The van der Waals surface area contributed by atoms with E-state index in [4.69, 9.17) is 29.3 Å². The Balaban J connectivity index is 0.000000349. The Bertz CT molecular complexity index is 1060. The van der Waals surface area contributed by atoms with Crippen LogP contribution in [0.3, 0.4) is 0 Å². The first-order valence-electron chi connectivity index (χ1n) is 12.5. The standard InChI is InChI=1S/C21H30N4O2.2C2HF3O2/c1-24-15-19(14-23-24)16-25-10-6-21(7-11-25)20(5-13-27-21)4-12-26-17-18-2-8-22-9-3-18;2*3-2(4,5)1(6)7/h2-3,8-9,14-15,20H,4-7,10-13,16-17H2,1H3;2*(H,6,7). The highest BCUT2D eigenvalue weighted by molar-refractivity contribution is 5.73. The number of hydrogen-bond acceptors (Lipinski definition) is 7. The summed E-state index contributed by atoms with van der Waals surface area (Å²) in [5.74, 6) is -4.89. The van der Waals surface area contributed by atoms with Crippen LogP contribution < -0.4 is 0 Å². The molecule has 1 unspecified atom stereocenters. The second-order valence-electron chi connectivity index (χ2n) is 9.50. The molecule has 2 saturated heterocycles. The molecule has 2 fully saturated rings. The van der Waals surface area contributed by atoms with E-state index in [1.54, 1.807) is 0 Å². The van der Waals surface area contributed by atoms with Crippen LogP contribution in [0.4, 0.5) is 26.3 Å². The van der Waals surface area contributed by atoms with Crippen molar-refractivity contribution >= 4 is 11.9 Å². The van der Waals surface area contributed by atoms with Crippen molar-refractivity contribution in [2.24, 2.45) is 13.0 Å². The number of aromatic nitrogens is 3. The SMILES string of the molecule is Cn1cc(CN2CCC3(CC2)OCCC3CCOCc2ccncc2)cn1.O=C(O)C(F)(F)F.O=C(O)C(F)(F)F. The average molecular weight is 599 g/mol. The molecule has 41 heavy (non-hydrogen) atoms. The highest BCUT2D eigenvalue weighted by atomic mass is 19.4. The van der Waals surface area contributed by atoms with Gasteiger partial charge in [0.15, 0.2) is 0 Å². The number of aryl methyl sites for hydroxylation is 1. The maximum absolute atomic E-state index is 10.6. The van der Waals surface area contributed by atoms with Crippen molar-refractivity contribution in [3.8, 4) is 0 Å². The molecule has 0 bridgehead atoms. The largest absolute Gasteiger partial charge is 0.490 e. The van der Waals surface area contributed by atoms with Gasteiger partial charge in [0.25, 0.3) is 0 Å². The van der Waals surface area contributed by atoms with Crippen LogP contribution in [0.5, 0.6) is 0 Å². The molecular formula is C25H32F6N4O6. The van der Waals surface area contributed by atoms with Gasteiger partial charge in [0.05, 0.1) is 18.4 Å². The molecule has 0 saturated carbocycles. The molecule has 0 aromatic carbocycles. The topological polar surface area (TPSA) is 127 Å². The minimum absolute atomic E-state index is 0.0749. The monoisotopic (exact) mass is 598 g/mol. The van der Waals surface area contributed by atoms with E-state index in [1.165, 1.54) is 17.5 Å². The van der Waals surface area contributed by atoms with E-state index < -0.39 is 24.3 Å². The summed E-state index contributed by atoms with van der Waals surface area (Å²) >= 11 is 0. The molecule has 2 N–H and O–H groups in total. The molecule has 2 aliphatic rings. The summed E-state index contributed by atoms with van der Waals surface area (Å²) in [5.41, 5.74) is 2.55. The normalized spacial score (nSPS) is 18.7. The zero-order valence-electron chi connectivity index (χ0n) is 22.2. The first-order chi connectivity index (χ1) is 19.1. The molecule has 2 aromatic rings. The van der Waals surface area contributed by atoms with Gasteiger partial charge in [-0.25, -0.2) is 9.59 Å². The van der Waals surface area contributed by atoms with Crippen LogP contribution >= 0.6 is 0 Å². The summed E-state index contributed by atoms with van der Waals surface area (Å²) in [4.78, 5) is 24.4. The van der Waals surface area contributed by atoms with Gasteiger partial charge in [-0.05, 0) is 49.3 Å². The molecule has 0 aliphatic carbocycles. The van der Waals surface area contributed by atoms with Crippen LogP contribution in [-0.2, 0) is 39.3 Å². The molecule has 16 heteroatoms. The van der Waals surface area contributed by atoms with E-state index in [9.17, 15) is 26.3 Å². The lowest BCUT2D eigenvalue weighted by molar-refractivity contribution is -0.193. The number of carboxylic acid groups (broad SMARTS) is 2. The number of piperidine rings is 1. The molecule has 10 nitrogen and oxygen atoms in total. The van der Waals surface area contributed by atoms with Crippen molar-refractivity contribution in [2.75, 3.05) is 26.3 Å². The second kappa shape index (κ2) is 15.1. The highest BCUT2D eigenvalue weighted by Crippen LogP contribution is 2.42. The van der Waals surface area contributed by atoms with E-state index in [0.717, 1.165) is 52.1 Å². The van der Waals surface area contributed by atoms with E-state index in [0.29, 0.717) is 12.5 Å². The van der Waals surface area contributed by atoms with Crippen molar-refractivity contribution in [3.05, 3.63) is 48.0 Å². The lowest BCUT2D eigenvalue weighted by atomic mass is 9.78. The van der Waals surface area contributed by atoms with Crippen molar-refractivity contribution in [1.29, 1.82) is 0 Å². The number of nitrogens with zero attached hydrogens (tertiary/aromatic N) is 4. The Morgan fingerprint density at radius 2 is 1.61 bits per heavy atom. The van der Waals surface area contributed by atoms with Crippen LogP contribution in [0.2, 0.25) is 0 Å². The number of carbonyl (C=O) groups is 2. The first-order valence-corrected chi connectivity index (χ1v) is 12.5. The molecule has 230 valence electrons. The summed E-state index contributed by atoms with van der Waals surface area (Å²) < 4.78 is 77.6. The molecule has 1 spiro atoms. The Kier molecular flexibility index (Phi) is 12.5. The van der Waals surface area contributed by atoms with Gasteiger partial charge in [0.2, 0.25) is 0 Å². The van der Waals surface area contributed by atoms with Crippen LogP contribution in [0.1, 0.15) is 36.8 Å². The summed E-state index contributed by atoms with van der Waals surface area (Å²) in [6.07, 6.45) is 2.06. The van der Waals surface area contributed by atoms with E-state index in [-0.39, 0.29) is 5.60 Å². The van der Waals surface area contributed by atoms with Crippen molar-refractivity contribution < 1.29 is 55.6 Å². The minimum Gasteiger partial charge on any atom is -0.475 e. The minimum atomic E-state index is -5.08. The van der Waals surface area contributed by atoms with Crippen molar-refractivity contribution in [2.45, 2.75) is 56.8 Å². The molecule has 2 aromatic heterocycles. The Labute approximate surface area is 231 Å². The second-order valence-corrected chi connectivity index (χ2v) is 9.50. The number of carboxylic acids is 2. The Morgan fingerprint density at radius 3 is 2.10 bits per heavy atom. The Hall–Kier alpha value is -3.24. The molecular weight excluding hydrogens is 566 g/mol. The molecule has 0 radical (unpaired) electrons. The lowest BCUT2D eigenvalue weighted by Gasteiger charge is -2.42. The number of aliphatic carboxylic acids is 2. The third-order valence-corrected chi connectivity index (χ3v) is 6.58. The van der Waals surface area contributed by atoms with Gasteiger partial charge in [-0.15, -0.1) is 0 Å². The first kappa shape index (κ1) is 34.0. The summed E-state index contributed by atoms with van der Waals surface area (Å²) in [6.45, 7) is 5.56. The molecule has 0 amide bonds. The molecule has 2 aliphatic heterocycles. The maximum Gasteiger partial charge on any atom is 0.490 e. The smallest absolute Gasteiger partial charge is 0.475 e. The number of likely N-dealkylation sites (tertiary alicyclic amines) is 1. The van der Waals surface area contributed by atoms with Crippen LogP contribution in [0.25, 0.3) is 0 Å². The van der Waals surface area contributed by atoms with E-state index in [1.807, 2.05) is 42.5 Å². The number of alkyl halides is 6. The van der Waals surface area contributed by atoms with Crippen molar-refractivity contribution in [3.63, 3.8) is 0 Å². The van der Waals surface area contributed by atoms with Crippen LogP contribution in [0, 0.1) is 5.92 Å². The van der Waals surface area contributed by atoms with Crippen LogP contribution in [0.15, 0.2) is 36.9 Å². The third-order valence-electron chi connectivity index (χ3n) is 6.58. The zero-order valence-corrected chi connectivity index (χ0v) is 22.2. The highest BCUT2D eigenvalue weighted by Gasteiger charge is 2.45. The predicted octanol–water partition coefficient (Wildman–Crippen LogP) is 4.06. The van der Waals surface area contributed by atoms with Gasteiger partial charge >= 0.3 is 24.3 Å². The number of pyridine rings is 1. The van der Waals surface area contributed by atoms with E-state index in [2.05, 4.69) is 21.2 Å². The van der Waals surface area contributed by atoms with Crippen LogP contribution in [-0.4, -0.2) is 86.1 Å². The predicted molar refractivity (Wildman–Crippen MR) is 130 cm³/mol. The molecule has 4 rings (SSSR count). The fourth-order valence-corrected chi connectivity index (χ4v) is 4.54. The van der Waals surface area contributed by atoms with Gasteiger partial charge < -0.3 is 19.7 Å². The molecule has 1 atom stereocenters. The molecule has 4 heterocycles. The fraction of sp³-hybridized carbons (Fsp3) is 0.600. The van der Waals surface area contributed by atoms with Gasteiger partial charge in [0.1, 0.15) is 0 Å². The quantitative estimate of drug-likeness (QED) is 0.358. The van der Waals surface area contributed by atoms with Crippen molar-refractivity contribution in [1.82, 2.24) is 19.7 Å². The lowest BCUT2D eigenvalue weighted by Crippen LogP contribution is -2.47. The fourth-order valence-electron chi connectivity index (χ4n) is 4.54. The third kappa shape index (κ3) is 11.6. The number of ether oxygens (including phenoxy) is 2. The zero-order chi connectivity index (χ0) is 30.7. The summed E-state index contributed by atoms with van der Waals surface area (Å²) in [7, 11) is 1.97. The van der Waals surface area contributed by atoms with Gasteiger partial charge in [-0.3, -0.25) is 14.6 Å². The van der Waals surface area contributed by atoms with E-state index >= 15 is 0 Å². The van der Waals surface area contributed by atoms with Gasteiger partial charge in [-0.1, -0.05) is 0 Å². The average Bonchev–Trinajstić information content (AvgIpc) is 3.49. The number of halogens is 6.